The van der Waals surface area contributed by atoms with E-state index in [2.05, 4.69) is 33.4 Å². The minimum absolute atomic E-state index is 0.127. The summed E-state index contributed by atoms with van der Waals surface area (Å²) >= 11 is 0. The Kier molecular flexibility index (Phi) is 7.90. The molecule has 2 heterocycles. The summed E-state index contributed by atoms with van der Waals surface area (Å²) in [6, 6.07) is 17.1. The number of fused-ring (bicyclic) bond motifs is 1. The molecular weight excluding hydrogens is 440 g/mol. The number of β-amino-alcohol motifs (C(OH)–C–C–N with tert-alkyl or cyclic N) is 1. The molecule has 1 atom stereocenters. The Balaban J connectivity index is 1.36. The highest BCUT2D eigenvalue weighted by atomic mass is 16.3. The molecule has 3 aromatic rings. The fourth-order valence-electron chi connectivity index (χ4n) is 4.53. The van der Waals surface area contributed by atoms with Gasteiger partial charge < -0.3 is 15.3 Å². The van der Waals surface area contributed by atoms with Crippen molar-refractivity contribution in [3.63, 3.8) is 0 Å². The van der Waals surface area contributed by atoms with Gasteiger partial charge in [0, 0.05) is 56.4 Å². The fourth-order valence-corrected chi connectivity index (χ4v) is 4.53. The highest BCUT2D eigenvalue weighted by Gasteiger charge is 2.23. The average Bonchev–Trinajstić information content (AvgIpc) is 2.87. The minimum Gasteiger partial charge on any atom is -0.390 e. The maximum atomic E-state index is 13.2. The van der Waals surface area contributed by atoms with E-state index in [1.807, 2.05) is 19.9 Å². The molecule has 4 rings (SSSR count). The molecule has 1 aromatic heterocycles. The highest BCUT2D eigenvalue weighted by Crippen LogP contribution is 2.20. The molecule has 2 aromatic carbocycles. The van der Waals surface area contributed by atoms with Crippen LogP contribution in [-0.2, 0) is 13.0 Å². The number of hydrogen-bond acceptors (Lipinski definition) is 5. The predicted octanol–water partition coefficient (Wildman–Crippen LogP) is 3.52. The zero-order valence-corrected chi connectivity index (χ0v) is 20.3. The van der Waals surface area contributed by atoms with Crippen LogP contribution in [0.5, 0.6) is 0 Å². The summed E-state index contributed by atoms with van der Waals surface area (Å²) in [6.07, 6.45) is 3.46. The Labute approximate surface area is 206 Å². The van der Waals surface area contributed by atoms with E-state index in [0.717, 1.165) is 25.1 Å². The van der Waals surface area contributed by atoms with Crippen LogP contribution in [0, 0.1) is 6.92 Å². The van der Waals surface area contributed by atoms with E-state index in [-0.39, 0.29) is 18.4 Å². The van der Waals surface area contributed by atoms with Crippen LogP contribution >= 0.6 is 0 Å². The van der Waals surface area contributed by atoms with Gasteiger partial charge in [-0.1, -0.05) is 24.3 Å². The molecule has 1 aliphatic rings. The number of aliphatic hydroxyl groups excluding tert-OH is 1. The van der Waals surface area contributed by atoms with Gasteiger partial charge in [0.15, 0.2) is 0 Å². The number of benzene rings is 2. The predicted molar refractivity (Wildman–Crippen MR) is 136 cm³/mol. The first-order chi connectivity index (χ1) is 16.9. The Morgan fingerprint density at radius 3 is 2.66 bits per heavy atom. The molecule has 0 saturated heterocycles. The molecule has 1 aliphatic heterocycles. The number of likely N-dealkylation sites (N-methyl/N-ethyl adjacent to an activating group) is 1. The van der Waals surface area contributed by atoms with Crippen LogP contribution in [-0.4, -0.2) is 64.0 Å². The maximum absolute atomic E-state index is 13.2. The number of nitrogens with one attached hydrogen (secondary N) is 1. The first-order valence-corrected chi connectivity index (χ1v) is 12.0. The van der Waals surface area contributed by atoms with Crippen molar-refractivity contribution in [1.29, 1.82) is 0 Å². The maximum Gasteiger partial charge on any atom is 0.257 e. The van der Waals surface area contributed by atoms with Gasteiger partial charge in [0.05, 0.1) is 11.7 Å². The van der Waals surface area contributed by atoms with Crippen molar-refractivity contribution in [2.45, 2.75) is 32.9 Å². The molecule has 7 heteroatoms. The number of rotatable bonds is 8. The Morgan fingerprint density at radius 1 is 1.14 bits per heavy atom. The largest absolute Gasteiger partial charge is 0.390 e. The van der Waals surface area contributed by atoms with E-state index in [0.29, 0.717) is 29.9 Å². The van der Waals surface area contributed by atoms with Crippen molar-refractivity contribution in [3.05, 3.63) is 94.8 Å². The summed E-state index contributed by atoms with van der Waals surface area (Å²) in [5.74, 6) is -0.381. The minimum atomic E-state index is -0.637. The van der Waals surface area contributed by atoms with E-state index in [4.69, 9.17) is 0 Å². The Hall–Kier alpha value is -3.55. The normalized spacial score (nSPS) is 14.1. The number of hydrogen-bond donors (Lipinski definition) is 2. The second-order valence-corrected chi connectivity index (χ2v) is 8.98. The van der Waals surface area contributed by atoms with Gasteiger partial charge in [-0.3, -0.25) is 19.5 Å². The summed E-state index contributed by atoms with van der Waals surface area (Å²) in [5.41, 5.74) is 5.08. The lowest BCUT2D eigenvalue weighted by atomic mass is 10.00. The molecule has 0 bridgehead atoms. The van der Waals surface area contributed by atoms with Crippen LogP contribution in [0.15, 0.2) is 67.0 Å². The van der Waals surface area contributed by atoms with E-state index in [1.54, 1.807) is 41.4 Å². The molecule has 7 nitrogen and oxygen atoms in total. The molecule has 0 spiro atoms. The van der Waals surface area contributed by atoms with Gasteiger partial charge >= 0.3 is 0 Å². The van der Waals surface area contributed by atoms with Crippen LogP contribution in [0.2, 0.25) is 0 Å². The topological polar surface area (TPSA) is 85.8 Å². The quantitative estimate of drug-likeness (QED) is 0.524. The van der Waals surface area contributed by atoms with Crippen LogP contribution in [0.1, 0.15) is 44.3 Å². The number of anilines is 1. The second-order valence-electron chi connectivity index (χ2n) is 8.98. The lowest BCUT2D eigenvalue weighted by Crippen LogP contribution is -2.44. The van der Waals surface area contributed by atoms with Crippen molar-refractivity contribution >= 4 is 17.5 Å². The monoisotopic (exact) mass is 472 g/mol. The van der Waals surface area contributed by atoms with Gasteiger partial charge in [0.1, 0.15) is 0 Å². The zero-order valence-electron chi connectivity index (χ0n) is 20.3. The van der Waals surface area contributed by atoms with Crippen LogP contribution in [0.25, 0.3) is 0 Å². The first kappa shape index (κ1) is 24.6. The molecule has 2 amide bonds. The van der Waals surface area contributed by atoms with Crippen molar-refractivity contribution < 1.29 is 14.7 Å². The summed E-state index contributed by atoms with van der Waals surface area (Å²) in [6.45, 7) is 6.78. The fraction of sp³-hybridized carbons (Fsp3) is 0.321. The number of carbonyl (C=O) groups is 2. The molecule has 0 fully saturated rings. The number of aryl methyl sites for hydroxylation is 1. The molecular formula is C28H32N4O3. The third-order valence-electron chi connectivity index (χ3n) is 6.42. The number of aromatic nitrogens is 1. The SMILES string of the molecule is CCN(CC(O)CN1CCc2ccccc2C1)C(=O)c1ccc(NC(=O)c2cccnc2)cc1C. The second kappa shape index (κ2) is 11.3. The smallest absolute Gasteiger partial charge is 0.257 e. The van der Waals surface area contributed by atoms with Crippen LogP contribution in [0.3, 0.4) is 0 Å². The number of nitrogens with zero attached hydrogens (tertiary/aromatic N) is 3. The molecule has 0 radical (unpaired) electrons. The molecule has 1 unspecified atom stereocenters. The third kappa shape index (κ3) is 6.12. The number of aliphatic hydroxyl groups is 1. The van der Waals surface area contributed by atoms with Crippen LogP contribution < -0.4 is 5.32 Å². The molecule has 0 aliphatic carbocycles. The summed E-state index contributed by atoms with van der Waals surface area (Å²) in [5, 5.41) is 13.6. The third-order valence-corrected chi connectivity index (χ3v) is 6.42. The molecule has 35 heavy (non-hydrogen) atoms. The molecule has 0 saturated carbocycles. The number of carbonyl (C=O) groups excluding carboxylic acids is 2. The van der Waals surface area contributed by atoms with E-state index < -0.39 is 6.10 Å². The van der Waals surface area contributed by atoms with Crippen molar-refractivity contribution in [2.24, 2.45) is 0 Å². The van der Waals surface area contributed by atoms with Gasteiger partial charge in [-0.25, -0.2) is 0 Å². The summed E-state index contributed by atoms with van der Waals surface area (Å²) in [4.78, 5) is 33.5. The van der Waals surface area contributed by atoms with E-state index in [9.17, 15) is 14.7 Å². The highest BCUT2D eigenvalue weighted by molar-refractivity contribution is 6.04. The zero-order chi connectivity index (χ0) is 24.8. The van der Waals surface area contributed by atoms with Gasteiger partial charge in [0.2, 0.25) is 0 Å². The van der Waals surface area contributed by atoms with Crippen LogP contribution in [0.4, 0.5) is 5.69 Å². The van der Waals surface area contributed by atoms with Gasteiger partial charge in [-0.05, 0) is 67.3 Å². The van der Waals surface area contributed by atoms with E-state index in [1.165, 1.54) is 17.3 Å². The lowest BCUT2D eigenvalue weighted by Gasteiger charge is -2.32. The Bertz CT molecular complexity index is 1180. The number of amides is 2. The van der Waals surface area contributed by atoms with Crippen molar-refractivity contribution in [1.82, 2.24) is 14.8 Å². The molecule has 2 N–H and O–H groups in total. The standard InChI is InChI=1S/C28H32N4O3/c1-3-32(19-25(33)18-31-14-12-21-7-4-5-8-23(21)17-31)28(35)26-11-10-24(15-20(26)2)30-27(34)22-9-6-13-29-16-22/h4-11,13,15-16,25,33H,3,12,14,17-19H2,1-2H3,(H,30,34). The van der Waals surface area contributed by atoms with Gasteiger partial charge in [-0.2, -0.15) is 0 Å². The molecule has 182 valence electrons. The first-order valence-electron chi connectivity index (χ1n) is 12.0. The Morgan fingerprint density at radius 2 is 1.94 bits per heavy atom. The lowest BCUT2D eigenvalue weighted by molar-refractivity contribution is 0.0520. The summed E-state index contributed by atoms with van der Waals surface area (Å²) in [7, 11) is 0. The van der Waals surface area contributed by atoms with E-state index >= 15 is 0 Å². The van der Waals surface area contributed by atoms with Gasteiger partial charge in [-0.15, -0.1) is 0 Å². The van der Waals surface area contributed by atoms with Crippen molar-refractivity contribution in [3.8, 4) is 0 Å². The van der Waals surface area contributed by atoms with Crippen molar-refractivity contribution in [2.75, 3.05) is 31.5 Å². The van der Waals surface area contributed by atoms with Gasteiger partial charge in [0.25, 0.3) is 11.8 Å². The average molecular weight is 473 g/mol. The number of pyridine rings is 1. The summed E-state index contributed by atoms with van der Waals surface area (Å²) < 4.78 is 0.